The number of hydrogen-bond acceptors (Lipinski definition) is 4. The molecule has 1 aromatic heterocycles. The Morgan fingerprint density at radius 1 is 1.16 bits per heavy atom. The molecule has 3 aromatic rings. The molecule has 0 aliphatic heterocycles. The quantitative estimate of drug-likeness (QED) is 0.450. The zero-order valence-corrected chi connectivity index (χ0v) is 18.0. The number of carboxylic acids is 1. The van der Waals surface area contributed by atoms with E-state index in [1.54, 1.807) is 6.92 Å². The predicted molar refractivity (Wildman–Crippen MR) is 112 cm³/mol. The van der Waals surface area contributed by atoms with Crippen molar-refractivity contribution in [3.63, 3.8) is 0 Å². The van der Waals surface area contributed by atoms with Crippen LogP contribution in [-0.4, -0.2) is 22.7 Å². The smallest absolute Gasteiger partial charge is 0.416 e. The van der Waals surface area contributed by atoms with Crippen LogP contribution >= 0.6 is 0 Å². The molecule has 0 amide bonds. The van der Waals surface area contributed by atoms with E-state index in [1.807, 2.05) is 32.0 Å². The van der Waals surface area contributed by atoms with Gasteiger partial charge in [0.15, 0.2) is 5.76 Å². The number of aliphatic carboxylic acids is 1. The summed E-state index contributed by atoms with van der Waals surface area (Å²) in [6.07, 6.45) is -4.49. The second-order valence-corrected chi connectivity index (χ2v) is 7.46. The molecule has 1 heterocycles. The van der Waals surface area contributed by atoms with Crippen LogP contribution < -0.4 is 0 Å². The Balaban J connectivity index is 1.91. The number of carboxylic acid groups (broad SMARTS) is 1. The van der Waals surface area contributed by atoms with E-state index in [2.05, 4.69) is 4.98 Å². The van der Waals surface area contributed by atoms with E-state index in [0.717, 1.165) is 28.8 Å². The van der Waals surface area contributed by atoms with E-state index in [4.69, 9.17) is 14.3 Å². The predicted octanol–water partition coefficient (Wildman–Crippen LogP) is 6.12. The number of ether oxygens (including phenoxy) is 1. The molecule has 3 rings (SSSR count). The van der Waals surface area contributed by atoms with E-state index in [1.165, 1.54) is 12.1 Å². The van der Waals surface area contributed by atoms with Gasteiger partial charge in [-0.15, -0.1) is 0 Å². The molecule has 1 N–H and O–H groups in total. The SMILES string of the molecule is CCOC(c1ccc(CCC(=O)O)c(C)c1)c1oc(-c2ccc(C(F)(F)F)cc2)nc1C. The number of oxazole rings is 1. The minimum absolute atomic E-state index is 0.0484. The molecule has 2 aromatic carbocycles. The maximum absolute atomic E-state index is 12.8. The Kier molecular flexibility index (Phi) is 7.03. The zero-order valence-electron chi connectivity index (χ0n) is 18.0. The van der Waals surface area contributed by atoms with Crippen LogP contribution in [0.4, 0.5) is 13.2 Å². The Bertz CT molecular complexity index is 1090. The molecule has 0 spiro atoms. The molecular weight excluding hydrogens is 423 g/mol. The molecule has 0 bridgehead atoms. The fourth-order valence-electron chi connectivity index (χ4n) is 3.47. The summed E-state index contributed by atoms with van der Waals surface area (Å²) in [6, 6.07) is 10.3. The molecule has 1 unspecified atom stereocenters. The van der Waals surface area contributed by atoms with Crippen molar-refractivity contribution in [3.05, 3.63) is 76.2 Å². The molecule has 0 saturated carbocycles. The van der Waals surface area contributed by atoms with Crippen LogP contribution in [0.1, 0.15) is 53.2 Å². The lowest BCUT2D eigenvalue weighted by Gasteiger charge is -2.17. The van der Waals surface area contributed by atoms with Crippen molar-refractivity contribution in [2.45, 2.75) is 45.9 Å². The number of rotatable bonds is 8. The third kappa shape index (κ3) is 5.37. The van der Waals surface area contributed by atoms with Gasteiger partial charge in [-0.1, -0.05) is 18.2 Å². The highest BCUT2D eigenvalue weighted by atomic mass is 19.4. The van der Waals surface area contributed by atoms with Crippen LogP contribution in [0.5, 0.6) is 0 Å². The highest BCUT2D eigenvalue weighted by Crippen LogP contribution is 2.35. The van der Waals surface area contributed by atoms with Crippen molar-refractivity contribution in [1.29, 1.82) is 0 Å². The van der Waals surface area contributed by atoms with E-state index in [9.17, 15) is 18.0 Å². The highest BCUT2D eigenvalue weighted by molar-refractivity contribution is 5.67. The van der Waals surface area contributed by atoms with Crippen LogP contribution in [0.25, 0.3) is 11.5 Å². The van der Waals surface area contributed by atoms with Crippen LogP contribution in [0, 0.1) is 13.8 Å². The Hall–Kier alpha value is -3.13. The first-order valence-corrected chi connectivity index (χ1v) is 10.2. The highest BCUT2D eigenvalue weighted by Gasteiger charge is 2.30. The summed E-state index contributed by atoms with van der Waals surface area (Å²) in [5.41, 5.74) is 2.96. The number of alkyl halides is 3. The van der Waals surface area contributed by atoms with E-state index < -0.39 is 23.8 Å². The first-order valence-electron chi connectivity index (χ1n) is 10.2. The fourth-order valence-corrected chi connectivity index (χ4v) is 3.47. The van der Waals surface area contributed by atoms with Gasteiger partial charge in [-0.05, 0) is 68.1 Å². The van der Waals surface area contributed by atoms with Crippen LogP contribution in [-0.2, 0) is 22.1 Å². The van der Waals surface area contributed by atoms with Gasteiger partial charge >= 0.3 is 12.1 Å². The maximum Gasteiger partial charge on any atom is 0.416 e. The number of halogens is 3. The second-order valence-electron chi connectivity index (χ2n) is 7.46. The van der Waals surface area contributed by atoms with Crippen LogP contribution in [0.3, 0.4) is 0 Å². The fraction of sp³-hybridized carbons (Fsp3) is 0.333. The third-order valence-electron chi connectivity index (χ3n) is 5.14. The van der Waals surface area contributed by atoms with Crippen molar-refractivity contribution < 1.29 is 32.2 Å². The second kappa shape index (κ2) is 9.56. The summed E-state index contributed by atoms with van der Waals surface area (Å²) < 4.78 is 50.4. The van der Waals surface area contributed by atoms with Crippen LogP contribution in [0.15, 0.2) is 46.9 Å². The Morgan fingerprint density at radius 3 is 2.41 bits per heavy atom. The van der Waals surface area contributed by atoms with Crippen LogP contribution in [0.2, 0.25) is 0 Å². The number of hydrogen-bond donors (Lipinski definition) is 1. The van der Waals surface area contributed by atoms with Gasteiger partial charge < -0.3 is 14.3 Å². The standard InChI is InChI=1S/C24H24F3NO4/c1-4-31-22(18-6-5-16(14(2)13-18)9-12-20(29)30)21-15(3)28-23(32-21)17-7-10-19(11-8-17)24(25,26)27/h5-8,10-11,13,22H,4,9,12H2,1-3H3,(H,29,30). The summed E-state index contributed by atoms with van der Waals surface area (Å²) in [5.74, 6) is -0.168. The van der Waals surface area contributed by atoms with Gasteiger partial charge in [0.2, 0.25) is 5.89 Å². The van der Waals surface area contributed by atoms with Gasteiger partial charge in [-0.2, -0.15) is 13.2 Å². The molecule has 0 radical (unpaired) electrons. The molecule has 0 aliphatic carbocycles. The zero-order chi connectivity index (χ0) is 23.5. The van der Waals surface area contributed by atoms with E-state index in [0.29, 0.717) is 30.0 Å². The third-order valence-corrected chi connectivity index (χ3v) is 5.14. The number of aromatic nitrogens is 1. The average molecular weight is 447 g/mol. The Labute approximate surface area is 183 Å². The number of carbonyl (C=O) groups is 1. The van der Waals surface area contributed by atoms with Gasteiger partial charge in [-0.25, -0.2) is 4.98 Å². The van der Waals surface area contributed by atoms with E-state index in [-0.39, 0.29) is 12.3 Å². The summed E-state index contributed by atoms with van der Waals surface area (Å²) in [6.45, 7) is 5.92. The molecule has 1 atom stereocenters. The van der Waals surface area contributed by atoms with Gasteiger partial charge in [0.1, 0.15) is 6.10 Å². The lowest BCUT2D eigenvalue weighted by molar-refractivity contribution is -0.138. The Morgan fingerprint density at radius 2 is 1.84 bits per heavy atom. The lowest BCUT2D eigenvalue weighted by atomic mass is 9.97. The summed E-state index contributed by atoms with van der Waals surface area (Å²) >= 11 is 0. The lowest BCUT2D eigenvalue weighted by Crippen LogP contribution is -2.08. The average Bonchev–Trinajstić information content (AvgIpc) is 3.11. The molecule has 0 fully saturated rings. The van der Waals surface area contributed by atoms with Crippen molar-refractivity contribution in [3.8, 4) is 11.5 Å². The van der Waals surface area contributed by atoms with Crippen molar-refractivity contribution in [1.82, 2.24) is 4.98 Å². The van der Waals surface area contributed by atoms with Crippen molar-refractivity contribution >= 4 is 5.97 Å². The monoisotopic (exact) mass is 447 g/mol. The van der Waals surface area contributed by atoms with Gasteiger partial charge in [0, 0.05) is 18.6 Å². The first-order chi connectivity index (χ1) is 15.1. The molecule has 0 saturated heterocycles. The molecule has 0 aliphatic rings. The maximum atomic E-state index is 12.8. The molecule has 170 valence electrons. The summed E-state index contributed by atoms with van der Waals surface area (Å²) in [5, 5.41) is 8.91. The van der Waals surface area contributed by atoms with Gasteiger partial charge in [0.25, 0.3) is 0 Å². The van der Waals surface area contributed by atoms with Crippen molar-refractivity contribution in [2.75, 3.05) is 6.61 Å². The van der Waals surface area contributed by atoms with Crippen molar-refractivity contribution in [2.24, 2.45) is 0 Å². The number of benzene rings is 2. The largest absolute Gasteiger partial charge is 0.481 e. The normalized spacial score (nSPS) is 12.7. The molecular formula is C24H24F3NO4. The topological polar surface area (TPSA) is 72.6 Å². The van der Waals surface area contributed by atoms with Gasteiger partial charge in [-0.3, -0.25) is 4.79 Å². The summed E-state index contributed by atoms with van der Waals surface area (Å²) in [7, 11) is 0. The first kappa shape index (κ1) is 23.5. The molecule has 8 heteroatoms. The number of aryl methyl sites for hydroxylation is 3. The summed E-state index contributed by atoms with van der Waals surface area (Å²) in [4.78, 5) is 15.3. The molecule has 32 heavy (non-hydrogen) atoms. The van der Waals surface area contributed by atoms with Gasteiger partial charge in [0.05, 0.1) is 11.3 Å². The van der Waals surface area contributed by atoms with E-state index >= 15 is 0 Å². The minimum Gasteiger partial charge on any atom is -0.481 e. The molecule has 5 nitrogen and oxygen atoms in total. The minimum atomic E-state index is -4.41. The number of nitrogens with zero attached hydrogens (tertiary/aromatic N) is 1.